The second-order valence-corrected chi connectivity index (χ2v) is 6.48. The number of hydrogen-bond acceptors (Lipinski definition) is 2. The molecule has 18 heavy (non-hydrogen) atoms. The Morgan fingerprint density at radius 1 is 1.33 bits per heavy atom. The topological polar surface area (TPSA) is 46.5 Å². The first-order chi connectivity index (χ1) is 8.28. The van der Waals surface area contributed by atoms with Gasteiger partial charge < -0.3 is 9.84 Å². The normalized spacial score (nSPS) is 13.1. The van der Waals surface area contributed by atoms with Crippen LogP contribution in [0, 0.1) is 11.3 Å². The van der Waals surface area contributed by atoms with Crippen LogP contribution in [0.3, 0.4) is 0 Å². The fraction of sp³-hybridized carbons (Fsp3) is 0.500. The van der Waals surface area contributed by atoms with Crippen LogP contribution in [0.4, 0.5) is 0 Å². The lowest BCUT2D eigenvalue weighted by Gasteiger charge is -2.23. The largest absolute Gasteiger partial charge is 0.493 e. The second-order valence-electron chi connectivity index (χ2n) is 5.56. The van der Waals surface area contributed by atoms with Crippen molar-refractivity contribution in [3.8, 4) is 5.75 Å². The van der Waals surface area contributed by atoms with Gasteiger partial charge in [-0.05, 0) is 36.1 Å². The first kappa shape index (κ1) is 15.0. The fourth-order valence-corrected chi connectivity index (χ4v) is 1.95. The summed E-state index contributed by atoms with van der Waals surface area (Å²) in [6.45, 7) is 6.29. The van der Waals surface area contributed by atoms with Gasteiger partial charge in [0.05, 0.1) is 5.92 Å². The number of carboxylic acids is 1. The molecule has 4 heteroatoms. The number of aliphatic carboxylic acids is 1. The molecule has 100 valence electrons. The Morgan fingerprint density at radius 2 is 1.89 bits per heavy atom. The van der Waals surface area contributed by atoms with Gasteiger partial charge in [-0.1, -0.05) is 36.7 Å². The molecule has 0 aromatic heterocycles. The Bertz CT molecular complexity index is 392. The molecule has 0 radical (unpaired) electrons. The Balaban J connectivity index is 2.57. The highest BCUT2D eigenvalue weighted by Crippen LogP contribution is 2.25. The maximum Gasteiger partial charge on any atom is 0.309 e. The van der Waals surface area contributed by atoms with Crippen LogP contribution < -0.4 is 4.74 Å². The molecule has 0 aliphatic rings. The van der Waals surface area contributed by atoms with E-state index in [0.29, 0.717) is 12.2 Å². The van der Waals surface area contributed by atoms with Crippen molar-refractivity contribution < 1.29 is 14.6 Å². The van der Waals surface area contributed by atoms with E-state index in [1.807, 2.05) is 45.0 Å². The number of rotatable bonds is 5. The van der Waals surface area contributed by atoms with Crippen molar-refractivity contribution in [3.05, 3.63) is 28.7 Å². The van der Waals surface area contributed by atoms with Crippen molar-refractivity contribution >= 4 is 21.9 Å². The van der Waals surface area contributed by atoms with Crippen LogP contribution >= 0.6 is 15.9 Å². The molecule has 1 unspecified atom stereocenters. The molecule has 0 saturated carbocycles. The number of hydrogen-bond donors (Lipinski definition) is 1. The predicted octanol–water partition coefficient (Wildman–Crippen LogP) is 3.96. The van der Waals surface area contributed by atoms with Crippen LogP contribution in [-0.2, 0) is 4.79 Å². The number of halogens is 1. The lowest BCUT2D eigenvalue weighted by atomic mass is 9.85. The molecule has 0 heterocycles. The average Bonchev–Trinajstić information content (AvgIpc) is 2.24. The van der Waals surface area contributed by atoms with Crippen molar-refractivity contribution in [3.63, 3.8) is 0 Å². The monoisotopic (exact) mass is 314 g/mol. The van der Waals surface area contributed by atoms with E-state index in [1.165, 1.54) is 0 Å². The van der Waals surface area contributed by atoms with Crippen LogP contribution in [0.1, 0.15) is 27.2 Å². The first-order valence-electron chi connectivity index (χ1n) is 5.89. The molecule has 1 aromatic carbocycles. The number of carbonyl (C=O) groups is 1. The van der Waals surface area contributed by atoms with E-state index in [1.54, 1.807) is 0 Å². The van der Waals surface area contributed by atoms with Gasteiger partial charge in [-0.25, -0.2) is 0 Å². The molecule has 0 aliphatic heterocycles. The van der Waals surface area contributed by atoms with Gasteiger partial charge in [-0.3, -0.25) is 4.79 Å². The van der Waals surface area contributed by atoms with Crippen molar-refractivity contribution in [2.45, 2.75) is 27.2 Å². The van der Waals surface area contributed by atoms with Crippen LogP contribution in [0.2, 0.25) is 0 Å². The Labute approximate surface area is 116 Å². The highest BCUT2D eigenvalue weighted by Gasteiger charge is 2.25. The van der Waals surface area contributed by atoms with Crippen molar-refractivity contribution in [2.75, 3.05) is 6.61 Å². The number of ether oxygens (including phenoxy) is 1. The Hall–Kier alpha value is -1.03. The summed E-state index contributed by atoms with van der Waals surface area (Å²) in [7, 11) is 0. The van der Waals surface area contributed by atoms with E-state index in [0.717, 1.165) is 4.47 Å². The molecule has 0 fully saturated rings. The van der Waals surface area contributed by atoms with E-state index in [2.05, 4.69) is 15.9 Å². The summed E-state index contributed by atoms with van der Waals surface area (Å²) in [6, 6.07) is 7.38. The standard InChI is InChI=1S/C14H19BrO3/c1-14(2,3)8-10(13(16)17)9-18-12-6-4-11(15)5-7-12/h4-7,10H,8-9H2,1-3H3,(H,16,17). The van der Waals surface area contributed by atoms with E-state index < -0.39 is 11.9 Å². The maximum atomic E-state index is 11.2. The predicted molar refractivity (Wildman–Crippen MR) is 74.8 cm³/mol. The third-order valence-electron chi connectivity index (χ3n) is 2.47. The first-order valence-corrected chi connectivity index (χ1v) is 6.68. The summed E-state index contributed by atoms with van der Waals surface area (Å²) in [6.07, 6.45) is 0.596. The van der Waals surface area contributed by atoms with Crippen LogP contribution in [0.5, 0.6) is 5.75 Å². The zero-order valence-electron chi connectivity index (χ0n) is 10.9. The minimum atomic E-state index is -0.804. The molecular formula is C14H19BrO3. The van der Waals surface area contributed by atoms with E-state index in [4.69, 9.17) is 4.74 Å². The zero-order valence-corrected chi connectivity index (χ0v) is 12.5. The van der Waals surface area contributed by atoms with E-state index in [-0.39, 0.29) is 12.0 Å². The van der Waals surface area contributed by atoms with Crippen LogP contribution in [0.15, 0.2) is 28.7 Å². The lowest BCUT2D eigenvalue weighted by molar-refractivity contribution is -0.143. The Kier molecular flexibility index (Phi) is 5.20. The van der Waals surface area contributed by atoms with Gasteiger partial charge in [0.2, 0.25) is 0 Å². The van der Waals surface area contributed by atoms with E-state index in [9.17, 15) is 9.90 Å². The molecule has 0 spiro atoms. The molecule has 0 bridgehead atoms. The molecule has 0 saturated heterocycles. The van der Waals surface area contributed by atoms with Crippen LogP contribution in [0.25, 0.3) is 0 Å². The summed E-state index contributed by atoms with van der Waals surface area (Å²) >= 11 is 3.34. The summed E-state index contributed by atoms with van der Waals surface area (Å²) in [4.78, 5) is 11.2. The smallest absolute Gasteiger partial charge is 0.309 e. The Morgan fingerprint density at radius 3 is 2.33 bits per heavy atom. The maximum absolute atomic E-state index is 11.2. The zero-order chi connectivity index (χ0) is 13.8. The van der Waals surface area contributed by atoms with Gasteiger partial charge in [0.25, 0.3) is 0 Å². The van der Waals surface area contributed by atoms with Crippen LogP contribution in [-0.4, -0.2) is 17.7 Å². The molecule has 1 atom stereocenters. The molecule has 3 nitrogen and oxygen atoms in total. The number of benzene rings is 1. The van der Waals surface area contributed by atoms with Crippen molar-refractivity contribution in [1.82, 2.24) is 0 Å². The molecular weight excluding hydrogens is 296 g/mol. The lowest BCUT2D eigenvalue weighted by Crippen LogP contribution is -2.26. The van der Waals surface area contributed by atoms with Gasteiger partial charge in [-0.2, -0.15) is 0 Å². The minimum absolute atomic E-state index is 0.0217. The SMILES string of the molecule is CC(C)(C)CC(COc1ccc(Br)cc1)C(=O)O. The third kappa shape index (κ3) is 5.54. The van der Waals surface area contributed by atoms with Gasteiger partial charge in [0.1, 0.15) is 12.4 Å². The highest BCUT2D eigenvalue weighted by atomic mass is 79.9. The minimum Gasteiger partial charge on any atom is -0.493 e. The quantitative estimate of drug-likeness (QED) is 0.894. The average molecular weight is 315 g/mol. The van der Waals surface area contributed by atoms with Crippen molar-refractivity contribution in [1.29, 1.82) is 0 Å². The van der Waals surface area contributed by atoms with Gasteiger partial charge >= 0.3 is 5.97 Å². The van der Waals surface area contributed by atoms with Crippen molar-refractivity contribution in [2.24, 2.45) is 11.3 Å². The summed E-state index contributed by atoms with van der Waals surface area (Å²) in [5, 5.41) is 9.17. The van der Waals surface area contributed by atoms with Gasteiger partial charge in [0.15, 0.2) is 0 Å². The molecule has 1 N–H and O–H groups in total. The third-order valence-corrected chi connectivity index (χ3v) is 3.00. The summed E-state index contributed by atoms with van der Waals surface area (Å²) < 4.78 is 6.50. The highest BCUT2D eigenvalue weighted by molar-refractivity contribution is 9.10. The molecule has 1 rings (SSSR count). The number of carboxylic acid groups (broad SMARTS) is 1. The fourth-order valence-electron chi connectivity index (χ4n) is 1.68. The molecule has 0 aliphatic carbocycles. The molecule has 0 amide bonds. The summed E-state index contributed by atoms with van der Waals surface area (Å²) in [5.41, 5.74) is -0.0217. The van der Waals surface area contributed by atoms with Gasteiger partial charge in [-0.15, -0.1) is 0 Å². The summed E-state index contributed by atoms with van der Waals surface area (Å²) in [5.74, 6) is -0.589. The molecule has 1 aromatic rings. The van der Waals surface area contributed by atoms with E-state index >= 15 is 0 Å². The van der Waals surface area contributed by atoms with Gasteiger partial charge in [0, 0.05) is 4.47 Å². The second kappa shape index (κ2) is 6.23.